The summed E-state index contributed by atoms with van der Waals surface area (Å²) in [5.74, 6) is 0.729. The van der Waals surface area contributed by atoms with Crippen molar-refractivity contribution in [1.29, 1.82) is 0 Å². The summed E-state index contributed by atoms with van der Waals surface area (Å²) in [4.78, 5) is 23.1. The van der Waals surface area contributed by atoms with Crippen LogP contribution in [-0.2, 0) is 20.1 Å². The first-order valence-electron chi connectivity index (χ1n) is 8.36. The fourth-order valence-electron chi connectivity index (χ4n) is 1.98. The van der Waals surface area contributed by atoms with Crippen LogP contribution in [0.3, 0.4) is 0 Å². The predicted octanol–water partition coefficient (Wildman–Crippen LogP) is 3.01. The van der Waals surface area contributed by atoms with E-state index in [4.69, 9.17) is 4.74 Å². The molecule has 142 valence electrons. The van der Waals surface area contributed by atoms with E-state index in [1.165, 1.54) is 12.7 Å². The molecule has 0 aliphatic carbocycles. The van der Waals surface area contributed by atoms with E-state index in [-0.39, 0.29) is 17.8 Å². The zero-order valence-corrected chi connectivity index (χ0v) is 16.1. The van der Waals surface area contributed by atoms with Crippen LogP contribution in [0.4, 0.5) is 0 Å². The third-order valence-corrected chi connectivity index (χ3v) is 4.78. The van der Waals surface area contributed by atoms with Gasteiger partial charge in [0.25, 0.3) is 5.91 Å². The molecule has 2 aromatic rings. The van der Waals surface area contributed by atoms with Crippen molar-refractivity contribution < 1.29 is 19.1 Å². The minimum Gasteiger partial charge on any atom is -0.482 e. The first-order chi connectivity index (χ1) is 13.1. The van der Waals surface area contributed by atoms with Crippen molar-refractivity contribution in [3.8, 4) is 5.75 Å². The zero-order chi connectivity index (χ0) is 19.5. The minimum atomic E-state index is -0.442. The first-order valence-corrected chi connectivity index (χ1v) is 9.41. The van der Waals surface area contributed by atoms with Crippen molar-refractivity contribution in [2.24, 2.45) is 5.10 Å². The lowest BCUT2D eigenvalue weighted by Crippen LogP contribution is -2.26. The number of esters is 1. The highest BCUT2D eigenvalue weighted by Gasteiger charge is 2.12. The van der Waals surface area contributed by atoms with Crippen LogP contribution < -0.4 is 10.2 Å². The summed E-state index contributed by atoms with van der Waals surface area (Å²) in [5, 5.41) is 3.77. The normalized spacial score (nSPS) is 11.8. The number of hydrogen-bond acceptors (Lipinski definition) is 6. The lowest BCUT2D eigenvalue weighted by atomic mass is 10.2. The van der Waals surface area contributed by atoms with E-state index in [0.29, 0.717) is 5.75 Å². The molecular weight excluding hydrogens is 364 g/mol. The van der Waals surface area contributed by atoms with Crippen LogP contribution in [0.15, 0.2) is 59.7 Å². The number of nitrogens with one attached hydrogen (secondary N) is 1. The Kier molecular flexibility index (Phi) is 8.38. The second-order valence-electron chi connectivity index (χ2n) is 5.61. The van der Waals surface area contributed by atoms with Gasteiger partial charge in [-0.25, -0.2) is 10.2 Å². The summed E-state index contributed by atoms with van der Waals surface area (Å²) in [6.45, 7) is 1.71. The Bertz CT molecular complexity index is 763. The summed E-state index contributed by atoms with van der Waals surface area (Å²) in [5.41, 5.74) is 4.52. The number of benzene rings is 2. The van der Waals surface area contributed by atoms with E-state index in [0.717, 1.165) is 11.3 Å². The Morgan fingerprint density at radius 1 is 1.15 bits per heavy atom. The highest BCUT2D eigenvalue weighted by atomic mass is 32.2. The summed E-state index contributed by atoms with van der Waals surface area (Å²) >= 11 is 1.56. The van der Waals surface area contributed by atoms with Gasteiger partial charge in [-0.1, -0.05) is 30.3 Å². The Morgan fingerprint density at radius 3 is 2.52 bits per heavy atom. The number of hydrazone groups is 1. The van der Waals surface area contributed by atoms with E-state index < -0.39 is 5.97 Å². The van der Waals surface area contributed by atoms with E-state index >= 15 is 0 Å². The van der Waals surface area contributed by atoms with Crippen molar-refractivity contribution in [3.63, 3.8) is 0 Å². The Balaban J connectivity index is 1.75. The van der Waals surface area contributed by atoms with Crippen LogP contribution in [0.5, 0.6) is 5.75 Å². The number of amides is 1. The number of rotatable bonds is 9. The number of thioether (sulfide) groups is 1. The number of hydrogen-bond donors (Lipinski definition) is 1. The maximum atomic E-state index is 12.1. The molecule has 0 aliphatic rings. The van der Waals surface area contributed by atoms with Crippen molar-refractivity contribution in [2.75, 3.05) is 13.7 Å². The smallest absolute Gasteiger partial charge is 0.343 e. The lowest BCUT2D eigenvalue weighted by molar-refractivity contribution is -0.142. The second-order valence-corrected chi connectivity index (χ2v) is 6.94. The van der Waals surface area contributed by atoms with Gasteiger partial charge in [-0.3, -0.25) is 4.79 Å². The quantitative estimate of drug-likeness (QED) is 0.407. The molecular formula is C20H22N2O4S. The molecule has 6 nitrogen and oxygen atoms in total. The van der Waals surface area contributed by atoms with Crippen LogP contribution in [0.25, 0.3) is 0 Å². The molecule has 1 N–H and O–H groups in total. The average molecular weight is 386 g/mol. The lowest BCUT2D eigenvalue weighted by Gasteiger charge is -2.09. The number of carbonyl (C=O) groups is 2. The molecule has 1 unspecified atom stereocenters. The van der Waals surface area contributed by atoms with Crippen molar-refractivity contribution in [2.45, 2.75) is 17.9 Å². The van der Waals surface area contributed by atoms with Gasteiger partial charge in [-0.2, -0.15) is 5.10 Å². The number of ether oxygens (including phenoxy) is 2. The molecule has 27 heavy (non-hydrogen) atoms. The van der Waals surface area contributed by atoms with Crippen molar-refractivity contribution in [3.05, 3.63) is 65.7 Å². The Labute approximate surface area is 162 Å². The maximum absolute atomic E-state index is 12.1. The summed E-state index contributed by atoms with van der Waals surface area (Å²) < 4.78 is 9.77. The van der Waals surface area contributed by atoms with Gasteiger partial charge in [0.2, 0.25) is 0 Å². The molecule has 0 aliphatic heterocycles. The van der Waals surface area contributed by atoms with Crippen LogP contribution in [-0.4, -0.2) is 37.1 Å². The van der Waals surface area contributed by atoms with Crippen LogP contribution in [0, 0.1) is 0 Å². The number of carbonyl (C=O) groups excluding carboxylic acids is 2. The fourth-order valence-corrected chi connectivity index (χ4v) is 2.82. The predicted molar refractivity (Wildman–Crippen MR) is 107 cm³/mol. The molecule has 0 bridgehead atoms. The molecule has 0 radical (unpaired) electrons. The molecule has 0 aromatic heterocycles. The monoisotopic (exact) mass is 386 g/mol. The van der Waals surface area contributed by atoms with Crippen molar-refractivity contribution >= 4 is 29.9 Å². The summed E-state index contributed by atoms with van der Waals surface area (Å²) in [7, 11) is 1.31. The minimum absolute atomic E-state index is 0.140. The topological polar surface area (TPSA) is 77.0 Å². The van der Waals surface area contributed by atoms with Gasteiger partial charge >= 0.3 is 5.97 Å². The van der Waals surface area contributed by atoms with Gasteiger partial charge < -0.3 is 9.47 Å². The largest absolute Gasteiger partial charge is 0.482 e. The third-order valence-electron chi connectivity index (χ3n) is 3.56. The Hall–Kier alpha value is -2.80. The van der Waals surface area contributed by atoms with Gasteiger partial charge in [-0.05, 0) is 42.3 Å². The molecule has 0 saturated heterocycles. The van der Waals surface area contributed by atoms with Crippen molar-refractivity contribution in [1.82, 2.24) is 5.43 Å². The van der Waals surface area contributed by atoms with Gasteiger partial charge in [-0.15, -0.1) is 11.8 Å². The molecule has 2 aromatic carbocycles. The highest BCUT2D eigenvalue weighted by molar-refractivity contribution is 7.99. The van der Waals surface area contributed by atoms with Gasteiger partial charge in [0.05, 0.1) is 18.6 Å². The first kappa shape index (κ1) is 20.5. The van der Waals surface area contributed by atoms with E-state index in [9.17, 15) is 9.59 Å². The van der Waals surface area contributed by atoms with Gasteiger partial charge in [0.15, 0.2) is 6.61 Å². The summed E-state index contributed by atoms with van der Waals surface area (Å²) in [6, 6.07) is 17.0. The maximum Gasteiger partial charge on any atom is 0.343 e. The second kappa shape index (κ2) is 11.0. The van der Waals surface area contributed by atoms with E-state index in [2.05, 4.69) is 15.3 Å². The molecule has 0 fully saturated rings. The number of methoxy groups -OCH3 is 1. The highest BCUT2D eigenvalue weighted by Crippen LogP contribution is 2.17. The third kappa shape index (κ3) is 7.53. The molecule has 2 rings (SSSR count). The van der Waals surface area contributed by atoms with E-state index in [1.54, 1.807) is 42.2 Å². The SMILES string of the molecule is COC(=O)COc1ccc(C=NNC(=O)C(C)SCc2ccccc2)cc1. The molecule has 1 amide bonds. The molecule has 0 heterocycles. The standard InChI is InChI=1S/C20H22N2O4S/c1-15(27-14-17-6-4-3-5-7-17)20(24)22-21-12-16-8-10-18(11-9-16)26-13-19(23)25-2/h3-12,15H,13-14H2,1-2H3,(H,22,24). The fraction of sp³-hybridized carbons (Fsp3) is 0.250. The summed E-state index contributed by atoms with van der Waals surface area (Å²) in [6.07, 6.45) is 1.55. The molecule has 1 atom stereocenters. The number of nitrogens with zero attached hydrogens (tertiary/aromatic N) is 1. The molecule has 0 spiro atoms. The molecule has 7 heteroatoms. The molecule has 0 saturated carbocycles. The average Bonchev–Trinajstić information content (AvgIpc) is 2.71. The van der Waals surface area contributed by atoms with Gasteiger partial charge in [0, 0.05) is 5.75 Å². The van der Waals surface area contributed by atoms with Crippen LogP contribution >= 0.6 is 11.8 Å². The Morgan fingerprint density at radius 2 is 1.85 bits per heavy atom. The van der Waals surface area contributed by atoms with Gasteiger partial charge in [0.1, 0.15) is 5.75 Å². The van der Waals surface area contributed by atoms with E-state index in [1.807, 2.05) is 37.3 Å². The van der Waals surface area contributed by atoms with Crippen LogP contribution in [0.2, 0.25) is 0 Å². The zero-order valence-electron chi connectivity index (χ0n) is 15.3. The van der Waals surface area contributed by atoms with Crippen LogP contribution in [0.1, 0.15) is 18.1 Å².